The summed E-state index contributed by atoms with van der Waals surface area (Å²) in [5.74, 6) is 0. The molecule has 0 spiro atoms. The Morgan fingerprint density at radius 1 is 1.36 bits per heavy atom. The average Bonchev–Trinajstić information content (AvgIpc) is 1.93. The summed E-state index contributed by atoms with van der Waals surface area (Å²) in [5, 5.41) is 0. The molecule has 0 aromatic heterocycles. The van der Waals surface area contributed by atoms with Crippen molar-refractivity contribution in [2.24, 2.45) is 5.73 Å². The van der Waals surface area contributed by atoms with Crippen LogP contribution in [0.3, 0.4) is 0 Å². The van der Waals surface area contributed by atoms with Gasteiger partial charge in [0.2, 0.25) is 0 Å². The van der Waals surface area contributed by atoms with Gasteiger partial charge >= 0.3 is 0 Å². The standard InChI is InChI=1S/C7H6BrNS2/c8-5-1-3-6(4-2-5)11-7(9)10/h1-4H,(H2,9,10). The van der Waals surface area contributed by atoms with E-state index >= 15 is 0 Å². The summed E-state index contributed by atoms with van der Waals surface area (Å²) in [4.78, 5) is 1.07. The first-order valence-electron chi connectivity index (χ1n) is 2.91. The van der Waals surface area contributed by atoms with Crippen LogP contribution in [0.25, 0.3) is 0 Å². The second-order valence-electron chi connectivity index (χ2n) is 1.88. The van der Waals surface area contributed by atoms with Crippen LogP contribution in [0.1, 0.15) is 0 Å². The average molecular weight is 248 g/mol. The predicted octanol–water partition coefficient (Wildman–Crippen LogP) is 2.78. The number of hydrogen-bond acceptors (Lipinski definition) is 2. The molecule has 1 aromatic rings. The zero-order valence-electron chi connectivity index (χ0n) is 5.58. The Hall–Kier alpha value is -0.0600. The molecule has 58 valence electrons. The summed E-state index contributed by atoms with van der Waals surface area (Å²) in [6.45, 7) is 0. The molecule has 2 N–H and O–H groups in total. The van der Waals surface area contributed by atoms with E-state index in [1.807, 2.05) is 24.3 Å². The molecule has 0 amide bonds. The number of thioether (sulfide) groups is 1. The molecule has 0 atom stereocenters. The maximum Gasteiger partial charge on any atom is 0.135 e. The van der Waals surface area contributed by atoms with Gasteiger partial charge in [-0.3, -0.25) is 0 Å². The lowest BCUT2D eigenvalue weighted by molar-refractivity contribution is 1.45. The van der Waals surface area contributed by atoms with E-state index < -0.39 is 0 Å². The monoisotopic (exact) mass is 247 g/mol. The Morgan fingerprint density at radius 2 is 1.91 bits per heavy atom. The third-order valence-electron chi connectivity index (χ3n) is 1.03. The molecule has 0 unspecified atom stereocenters. The van der Waals surface area contributed by atoms with Crippen LogP contribution in [-0.4, -0.2) is 4.32 Å². The number of nitrogens with two attached hydrogens (primary N) is 1. The normalized spacial score (nSPS) is 9.55. The van der Waals surface area contributed by atoms with Crippen LogP contribution in [-0.2, 0) is 0 Å². The summed E-state index contributed by atoms with van der Waals surface area (Å²) in [5.41, 5.74) is 5.35. The number of halogens is 1. The van der Waals surface area contributed by atoms with Crippen LogP contribution in [0.2, 0.25) is 0 Å². The minimum atomic E-state index is 0.451. The van der Waals surface area contributed by atoms with E-state index in [4.69, 9.17) is 18.0 Å². The summed E-state index contributed by atoms with van der Waals surface area (Å²) in [6.07, 6.45) is 0. The molecule has 0 saturated carbocycles. The van der Waals surface area contributed by atoms with Gasteiger partial charge in [-0.05, 0) is 24.3 Å². The van der Waals surface area contributed by atoms with E-state index in [2.05, 4.69) is 15.9 Å². The maximum atomic E-state index is 5.35. The highest BCUT2D eigenvalue weighted by molar-refractivity contribution is 9.10. The molecule has 4 heteroatoms. The molecule has 0 bridgehead atoms. The highest BCUT2D eigenvalue weighted by atomic mass is 79.9. The second kappa shape index (κ2) is 4.09. The van der Waals surface area contributed by atoms with Gasteiger partial charge < -0.3 is 5.73 Å². The zero-order chi connectivity index (χ0) is 8.27. The summed E-state index contributed by atoms with van der Waals surface area (Å²) in [6, 6.07) is 7.85. The Morgan fingerprint density at radius 3 is 2.36 bits per heavy atom. The van der Waals surface area contributed by atoms with Crippen molar-refractivity contribution in [3.05, 3.63) is 28.7 Å². The van der Waals surface area contributed by atoms with Gasteiger partial charge in [0.15, 0.2) is 0 Å². The smallest absolute Gasteiger partial charge is 0.135 e. The van der Waals surface area contributed by atoms with E-state index in [0.29, 0.717) is 4.32 Å². The molecule has 0 aliphatic carbocycles. The predicted molar refractivity (Wildman–Crippen MR) is 56.8 cm³/mol. The number of rotatable bonds is 1. The molecule has 1 rings (SSSR count). The maximum absolute atomic E-state index is 5.35. The fraction of sp³-hybridized carbons (Fsp3) is 0. The van der Waals surface area contributed by atoms with E-state index in [0.717, 1.165) is 9.37 Å². The van der Waals surface area contributed by atoms with Crippen LogP contribution in [0.15, 0.2) is 33.6 Å². The molecule has 0 aliphatic heterocycles. The van der Waals surface area contributed by atoms with Crippen molar-refractivity contribution in [3.8, 4) is 0 Å². The van der Waals surface area contributed by atoms with Crippen molar-refractivity contribution in [1.82, 2.24) is 0 Å². The highest BCUT2D eigenvalue weighted by Crippen LogP contribution is 2.20. The molecule has 0 fully saturated rings. The second-order valence-corrected chi connectivity index (χ2v) is 4.60. The fourth-order valence-electron chi connectivity index (χ4n) is 0.619. The lowest BCUT2D eigenvalue weighted by atomic mass is 10.4. The Bertz CT molecular complexity index is 258. The Balaban J connectivity index is 2.74. The minimum Gasteiger partial charge on any atom is -0.384 e. The molecule has 0 radical (unpaired) electrons. The van der Waals surface area contributed by atoms with E-state index in [-0.39, 0.29) is 0 Å². The number of benzene rings is 1. The third kappa shape index (κ3) is 3.22. The summed E-state index contributed by atoms with van der Waals surface area (Å²) >= 11 is 9.47. The van der Waals surface area contributed by atoms with Crippen LogP contribution in [0.4, 0.5) is 0 Å². The van der Waals surface area contributed by atoms with Gasteiger partial charge in [-0.2, -0.15) is 0 Å². The first-order chi connectivity index (χ1) is 5.18. The van der Waals surface area contributed by atoms with Gasteiger partial charge in [0.25, 0.3) is 0 Å². The highest BCUT2D eigenvalue weighted by Gasteiger charge is 1.94. The van der Waals surface area contributed by atoms with E-state index in [1.54, 1.807) is 0 Å². The summed E-state index contributed by atoms with van der Waals surface area (Å²) in [7, 11) is 0. The van der Waals surface area contributed by atoms with Crippen LogP contribution in [0, 0.1) is 0 Å². The van der Waals surface area contributed by atoms with Crippen molar-refractivity contribution in [1.29, 1.82) is 0 Å². The molecular formula is C7H6BrNS2. The van der Waals surface area contributed by atoms with Gasteiger partial charge in [0.1, 0.15) is 4.32 Å². The SMILES string of the molecule is NC(=S)Sc1ccc(Br)cc1. The molecular weight excluding hydrogens is 242 g/mol. The van der Waals surface area contributed by atoms with Crippen molar-refractivity contribution in [3.63, 3.8) is 0 Å². The molecule has 1 nitrogen and oxygen atoms in total. The topological polar surface area (TPSA) is 26.0 Å². The van der Waals surface area contributed by atoms with E-state index in [1.165, 1.54) is 11.8 Å². The fourth-order valence-corrected chi connectivity index (χ4v) is 1.68. The van der Waals surface area contributed by atoms with Crippen LogP contribution < -0.4 is 5.73 Å². The lowest BCUT2D eigenvalue weighted by Crippen LogP contribution is -2.00. The number of thiocarbonyl (C=S) groups is 1. The molecule has 0 aliphatic rings. The van der Waals surface area contributed by atoms with Crippen molar-refractivity contribution in [2.75, 3.05) is 0 Å². The van der Waals surface area contributed by atoms with Crippen molar-refractivity contribution in [2.45, 2.75) is 4.90 Å². The van der Waals surface area contributed by atoms with Gasteiger partial charge in [0, 0.05) is 9.37 Å². The van der Waals surface area contributed by atoms with Gasteiger partial charge in [-0.1, -0.05) is 39.9 Å². The minimum absolute atomic E-state index is 0.451. The quantitative estimate of drug-likeness (QED) is 0.611. The van der Waals surface area contributed by atoms with Crippen molar-refractivity contribution < 1.29 is 0 Å². The third-order valence-corrected chi connectivity index (χ3v) is 2.52. The first kappa shape index (κ1) is 9.03. The first-order valence-corrected chi connectivity index (χ1v) is 4.93. The molecule has 0 heterocycles. The molecule has 11 heavy (non-hydrogen) atoms. The largest absolute Gasteiger partial charge is 0.384 e. The Kier molecular flexibility index (Phi) is 3.36. The molecule has 0 saturated heterocycles. The van der Waals surface area contributed by atoms with E-state index in [9.17, 15) is 0 Å². The lowest BCUT2D eigenvalue weighted by Gasteiger charge is -1.97. The van der Waals surface area contributed by atoms with Gasteiger partial charge in [0.05, 0.1) is 0 Å². The van der Waals surface area contributed by atoms with Crippen LogP contribution in [0.5, 0.6) is 0 Å². The summed E-state index contributed by atoms with van der Waals surface area (Å²) < 4.78 is 1.51. The van der Waals surface area contributed by atoms with Crippen molar-refractivity contribution >= 4 is 44.2 Å². The Labute approximate surface area is 83.5 Å². The number of hydrogen-bond donors (Lipinski definition) is 1. The van der Waals surface area contributed by atoms with Gasteiger partial charge in [-0.15, -0.1) is 0 Å². The van der Waals surface area contributed by atoms with Crippen LogP contribution >= 0.6 is 39.9 Å². The zero-order valence-corrected chi connectivity index (χ0v) is 8.80. The molecule has 1 aromatic carbocycles. The van der Waals surface area contributed by atoms with Gasteiger partial charge in [-0.25, -0.2) is 0 Å².